The van der Waals surface area contributed by atoms with Crippen LogP contribution >= 0.6 is 27.5 Å². The standard InChI is InChI=1S/C24H16BrClFN5O5/c1-13-29-20-7-2-15(25)10-18(20)24(34)31(13)28-11-14-8-19(26)23(21(9-14)32(35)36)37-12-22(33)30-17-5-3-16(27)4-6-17/h2-11H,12H2,1H3,(H,30,33). The Kier molecular flexibility index (Phi) is 7.60. The van der Waals surface area contributed by atoms with Crippen molar-refractivity contribution in [1.82, 2.24) is 9.66 Å². The number of carbonyl (C=O) groups excluding carboxylic acids is 1. The van der Waals surface area contributed by atoms with E-state index in [4.69, 9.17) is 16.3 Å². The number of nitrogens with zero attached hydrogens (tertiary/aromatic N) is 4. The fourth-order valence-corrected chi connectivity index (χ4v) is 3.98. The number of rotatable bonds is 7. The topological polar surface area (TPSA) is 129 Å². The molecular formula is C24H16BrClFN5O5. The van der Waals surface area contributed by atoms with E-state index < -0.39 is 34.5 Å². The molecule has 0 bridgehead atoms. The molecule has 1 heterocycles. The lowest BCUT2D eigenvalue weighted by Gasteiger charge is -2.10. The van der Waals surface area contributed by atoms with Crippen molar-refractivity contribution in [3.8, 4) is 5.75 Å². The molecule has 188 valence electrons. The van der Waals surface area contributed by atoms with Crippen molar-refractivity contribution in [1.29, 1.82) is 0 Å². The largest absolute Gasteiger partial charge is 0.476 e. The van der Waals surface area contributed by atoms with Gasteiger partial charge in [-0.1, -0.05) is 27.5 Å². The summed E-state index contributed by atoms with van der Waals surface area (Å²) in [5.74, 6) is -1.11. The first-order chi connectivity index (χ1) is 17.6. The zero-order valence-corrected chi connectivity index (χ0v) is 21.3. The van der Waals surface area contributed by atoms with Crippen LogP contribution in [0, 0.1) is 22.9 Å². The van der Waals surface area contributed by atoms with Crippen molar-refractivity contribution in [2.45, 2.75) is 6.92 Å². The lowest BCUT2D eigenvalue weighted by atomic mass is 10.2. The highest BCUT2D eigenvalue weighted by atomic mass is 79.9. The smallest absolute Gasteiger partial charge is 0.313 e. The number of halogens is 3. The number of hydrogen-bond donors (Lipinski definition) is 1. The summed E-state index contributed by atoms with van der Waals surface area (Å²) in [5, 5.41) is 18.5. The van der Waals surface area contributed by atoms with Crippen LogP contribution in [-0.2, 0) is 4.79 Å². The molecule has 1 amide bonds. The number of nitro groups is 1. The molecule has 0 aliphatic rings. The molecule has 0 unspecified atom stereocenters. The third-order valence-corrected chi connectivity index (χ3v) is 5.79. The van der Waals surface area contributed by atoms with E-state index in [0.29, 0.717) is 26.9 Å². The van der Waals surface area contributed by atoms with Crippen molar-refractivity contribution in [2.24, 2.45) is 5.10 Å². The van der Waals surface area contributed by atoms with Gasteiger partial charge in [-0.2, -0.15) is 9.78 Å². The number of ether oxygens (including phenoxy) is 1. The summed E-state index contributed by atoms with van der Waals surface area (Å²) in [6.45, 7) is 1.02. The number of aromatic nitrogens is 2. The van der Waals surface area contributed by atoms with Crippen LogP contribution in [-0.4, -0.2) is 33.3 Å². The van der Waals surface area contributed by atoms with Gasteiger partial charge < -0.3 is 10.1 Å². The normalized spacial score (nSPS) is 11.1. The van der Waals surface area contributed by atoms with Gasteiger partial charge in [0.1, 0.15) is 11.6 Å². The van der Waals surface area contributed by atoms with Gasteiger partial charge in [-0.25, -0.2) is 9.37 Å². The van der Waals surface area contributed by atoms with Gasteiger partial charge in [0, 0.05) is 21.8 Å². The predicted molar refractivity (Wildman–Crippen MR) is 140 cm³/mol. The Morgan fingerprint density at radius 2 is 2.00 bits per heavy atom. The number of hydrogen-bond acceptors (Lipinski definition) is 7. The summed E-state index contributed by atoms with van der Waals surface area (Å²) in [6, 6.07) is 12.6. The maximum absolute atomic E-state index is 13.0. The Hall–Kier alpha value is -4.16. The molecule has 4 aromatic rings. The molecule has 0 radical (unpaired) electrons. The van der Waals surface area contributed by atoms with E-state index in [1.54, 1.807) is 25.1 Å². The minimum absolute atomic E-state index is 0.144. The summed E-state index contributed by atoms with van der Waals surface area (Å²) in [5.41, 5.74) is 0.102. The second-order valence-electron chi connectivity index (χ2n) is 7.63. The van der Waals surface area contributed by atoms with E-state index >= 15 is 0 Å². The monoisotopic (exact) mass is 587 g/mol. The van der Waals surface area contributed by atoms with Gasteiger partial charge in [0.05, 0.1) is 27.1 Å². The van der Waals surface area contributed by atoms with Gasteiger partial charge in [-0.05, 0) is 55.5 Å². The van der Waals surface area contributed by atoms with Crippen molar-refractivity contribution in [2.75, 3.05) is 11.9 Å². The Morgan fingerprint density at radius 1 is 1.27 bits per heavy atom. The number of aryl methyl sites for hydroxylation is 1. The number of carbonyl (C=O) groups is 1. The highest BCUT2D eigenvalue weighted by molar-refractivity contribution is 9.10. The van der Waals surface area contributed by atoms with Crippen LogP contribution in [0.15, 0.2) is 69.0 Å². The van der Waals surface area contributed by atoms with Gasteiger partial charge in [0.2, 0.25) is 5.75 Å². The van der Waals surface area contributed by atoms with E-state index in [1.165, 1.54) is 36.5 Å². The average molecular weight is 589 g/mol. The summed E-state index contributed by atoms with van der Waals surface area (Å²) in [6.07, 6.45) is 1.23. The SMILES string of the molecule is Cc1nc2ccc(Br)cc2c(=O)n1N=Cc1cc(Cl)c(OCC(=O)Nc2ccc(F)cc2)c([N+](=O)[O-])c1. The number of benzene rings is 3. The molecule has 0 spiro atoms. The molecule has 0 atom stereocenters. The molecule has 0 aliphatic heterocycles. The van der Waals surface area contributed by atoms with Crippen molar-refractivity contribution in [3.63, 3.8) is 0 Å². The Balaban J connectivity index is 1.58. The quantitative estimate of drug-likeness (QED) is 0.182. The van der Waals surface area contributed by atoms with Gasteiger partial charge in [0.25, 0.3) is 11.5 Å². The number of nitro benzene ring substituents is 1. The van der Waals surface area contributed by atoms with E-state index in [1.807, 2.05) is 0 Å². The van der Waals surface area contributed by atoms with E-state index in [0.717, 1.165) is 10.7 Å². The summed E-state index contributed by atoms with van der Waals surface area (Å²) in [4.78, 5) is 40.4. The Morgan fingerprint density at radius 3 is 2.70 bits per heavy atom. The molecule has 4 rings (SSSR count). The molecule has 10 nitrogen and oxygen atoms in total. The molecule has 3 aromatic carbocycles. The third-order valence-electron chi connectivity index (χ3n) is 5.01. The highest BCUT2D eigenvalue weighted by Gasteiger charge is 2.21. The first-order valence-electron chi connectivity index (χ1n) is 10.5. The first kappa shape index (κ1) is 25.9. The second kappa shape index (κ2) is 10.8. The van der Waals surface area contributed by atoms with Gasteiger partial charge in [0.15, 0.2) is 6.61 Å². The maximum atomic E-state index is 13.0. The van der Waals surface area contributed by atoms with E-state index in [2.05, 4.69) is 31.3 Å². The molecule has 13 heteroatoms. The minimum Gasteiger partial charge on any atom is -0.476 e. The molecule has 0 fully saturated rings. The minimum atomic E-state index is -0.719. The number of amides is 1. The fourth-order valence-electron chi connectivity index (χ4n) is 3.34. The molecule has 0 saturated heterocycles. The lowest BCUT2D eigenvalue weighted by molar-refractivity contribution is -0.385. The van der Waals surface area contributed by atoms with E-state index in [9.17, 15) is 24.1 Å². The molecule has 1 aromatic heterocycles. The zero-order valence-electron chi connectivity index (χ0n) is 18.9. The number of anilines is 1. The Labute approximate surface area is 221 Å². The first-order valence-corrected chi connectivity index (χ1v) is 11.7. The van der Waals surface area contributed by atoms with Gasteiger partial charge >= 0.3 is 5.69 Å². The number of fused-ring (bicyclic) bond motifs is 1. The lowest BCUT2D eigenvalue weighted by Crippen LogP contribution is -2.21. The van der Waals surface area contributed by atoms with Gasteiger partial charge in [-0.3, -0.25) is 19.7 Å². The summed E-state index contributed by atoms with van der Waals surface area (Å²) >= 11 is 9.55. The molecular weight excluding hydrogens is 573 g/mol. The van der Waals surface area contributed by atoms with Crippen LogP contribution in [0.3, 0.4) is 0 Å². The summed E-state index contributed by atoms with van der Waals surface area (Å²) < 4.78 is 20.1. The molecule has 0 aliphatic carbocycles. The van der Waals surface area contributed by atoms with Crippen molar-refractivity contribution < 1.29 is 18.8 Å². The van der Waals surface area contributed by atoms with Crippen LogP contribution in [0.25, 0.3) is 10.9 Å². The highest BCUT2D eigenvalue weighted by Crippen LogP contribution is 2.36. The van der Waals surface area contributed by atoms with Crippen molar-refractivity contribution >= 4 is 61.9 Å². The fraction of sp³-hybridized carbons (Fsp3) is 0.0833. The van der Waals surface area contributed by atoms with Crippen LogP contribution in [0.1, 0.15) is 11.4 Å². The molecule has 1 N–H and O–H groups in total. The zero-order chi connectivity index (χ0) is 26.7. The van der Waals surface area contributed by atoms with Gasteiger partial charge in [-0.15, -0.1) is 0 Å². The van der Waals surface area contributed by atoms with E-state index in [-0.39, 0.29) is 16.3 Å². The third kappa shape index (κ3) is 5.98. The second-order valence-corrected chi connectivity index (χ2v) is 8.96. The van der Waals surface area contributed by atoms with Crippen LogP contribution in [0.5, 0.6) is 5.75 Å². The van der Waals surface area contributed by atoms with Crippen LogP contribution < -0.4 is 15.6 Å². The number of nitrogens with one attached hydrogen (secondary N) is 1. The molecule has 0 saturated carbocycles. The van der Waals surface area contributed by atoms with Crippen LogP contribution in [0.2, 0.25) is 5.02 Å². The average Bonchev–Trinajstić information content (AvgIpc) is 2.85. The molecule has 37 heavy (non-hydrogen) atoms. The Bertz CT molecular complexity index is 1630. The van der Waals surface area contributed by atoms with Crippen LogP contribution in [0.4, 0.5) is 15.8 Å². The van der Waals surface area contributed by atoms with Crippen molar-refractivity contribution in [3.05, 3.63) is 102 Å². The maximum Gasteiger partial charge on any atom is 0.313 e. The predicted octanol–water partition coefficient (Wildman–Crippen LogP) is 5.07. The summed E-state index contributed by atoms with van der Waals surface area (Å²) in [7, 11) is 0.